The Morgan fingerprint density at radius 3 is 2.50 bits per heavy atom. The van der Waals surface area contributed by atoms with Crippen LogP contribution in [-0.4, -0.2) is 25.3 Å². The van der Waals surface area contributed by atoms with Crippen molar-refractivity contribution in [3.63, 3.8) is 0 Å². The van der Waals surface area contributed by atoms with E-state index >= 15 is 0 Å². The minimum Gasteiger partial charge on any atom is -0.380 e. The lowest BCUT2D eigenvalue weighted by Gasteiger charge is -2.33. The van der Waals surface area contributed by atoms with Crippen LogP contribution in [-0.2, 0) is 4.74 Å². The normalized spacial score (nSPS) is 26.2. The molecule has 1 saturated carbocycles. The molecule has 0 spiro atoms. The van der Waals surface area contributed by atoms with Crippen molar-refractivity contribution >= 4 is 0 Å². The first-order valence-corrected chi connectivity index (χ1v) is 6.81. The van der Waals surface area contributed by atoms with E-state index < -0.39 is 0 Å². The zero-order valence-electron chi connectivity index (χ0n) is 11.7. The Labute approximate surface area is 101 Å². The number of hydrogen-bond donors (Lipinski definition) is 1. The maximum absolute atomic E-state index is 5.57. The van der Waals surface area contributed by atoms with Gasteiger partial charge in [-0.2, -0.15) is 0 Å². The second-order valence-corrected chi connectivity index (χ2v) is 6.11. The van der Waals surface area contributed by atoms with Gasteiger partial charge in [-0.05, 0) is 31.1 Å². The van der Waals surface area contributed by atoms with E-state index in [9.17, 15) is 0 Å². The van der Waals surface area contributed by atoms with E-state index in [0.29, 0.717) is 23.4 Å². The topological polar surface area (TPSA) is 21.3 Å². The Hall–Kier alpha value is -0.0800. The number of hydrogen-bond acceptors (Lipinski definition) is 2. The SMILES string of the molecule is CCOCC(NC1CCCC1(C)C)C(C)C. The molecule has 0 amide bonds. The summed E-state index contributed by atoms with van der Waals surface area (Å²) in [5.74, 6) is 0.642. The molecule has 2 unspecified atom stereocenters. The molecule has 1 aliphatic rings. The van der Waals surface area contributed by atoms with E-state index in [1.165, 1.54) is 19.3 Å². The van der Waals surface area contributed by atoms with Gasteiger partial charge in [0.2, 0.25) is 0 Å². The molecule has 0 aromatic heterocycles. The predicted molar refractivity (Wildman–Crippen MR) is 69.7 cm³/mol. The van der Waals surface area contributed by atoms with E-state index in [0.717, 1.165) is 13.2 Å². The van der Waals surface area contributed by atoms with Crippen LogP contribution in [0, 0.1) is 11.3 Å². The minimum atomic E-state index is 0.458. The van der Waals surface area contributed by atoms with E-state index in [-0.39, 0.29) is 0 Å². The van der Waals surface area contributed by atoms with Gasteiger partial charge in [-0.25, -0.2) is 0 Å². The van der Waals surface area contributed by atoms with Gasteiger partial charge >= 0.3 is 0 Å². The monoisotopic (exact) mass is 227 g/mol. The first-order valence-electron chi connectivity index (χ1n) is 6.81. The molecule has 0 heterocycles. The van der Waals surface area contributed by atoms with Crippen LogP contribution < -0.4 is 5.32 Å². The van der Waals surface area contributed by atoms with E-state index in [4.69, 9.17) is 4.74 Å². The summed E-state index contributed by atoms with van der Waals surface area (Å²) in [5, 5.41) is 3.82. The highest BCUT2D eigenvalue weighted by Gasteiger charge is 2.35. The molecule has 1 rings (SSSR count). The predicted octanol–water partition coefficient (Wildman–Crippen LogP) is 3.22. The Morgan fingerprint density at radius 1 is 1.38 bits per heavy atom. The smallest absolute Gasteiger partial charge is 0.0622 e. The maximum atomic E-state index is 5.57. The van der Waals surface area contributed by atoms with Crippen molar-refractivity contribution in [2.45, 2.75) is 66.0 Å². The number of rotatable bonds is 6. The van der Waals surface area contributed by atoms with Gasteiger partial charge in [-0.15, -0.1) is 0 Å². The lowest BCUT2D eigenvalue weighted by atomic mass is 9.86. The van der Waals surface area contributed by atoms with E-state index in [1.54, 1.807) is 0 Å². The Bertz CT molecular complexity index is 201. The average molecular weight is 227 g/mol. The van der Waals surface area contributed by atoms with Crippen molar-refractivity contribution in [2.24, 2.45) is 11.3 Å². The first kappa shape index (κ1) is 14.0. The molecule has 0 saturated heterocycles. The molecule has 1 fully saturated rings. The second-order valence-electron chi connectivity index (χ2n) is 6.11. The molecular formula is C14H29NO. The van der Waals surface area contributed by atoms with Gasteiger partial charge in [0.1, 0.15) is 0 Å². The summed E-state index contributed by atoms with van der Waals surface area (Å²) in [6.07, 6.45) is 4.04. The molecule has 0 aliphatic heterocycles. The van der Waals surface area contributed by atoms with Crippen LogP contribution in [0.2, 0.25) is 0 Å². The van der Waals surface area contributed by atoms with Crippen molar-refractivity contribution < 1.29 is 4.74 Å². The summed E-state index contributed by atoms with van der Waals surface area (Å²) in [6.45, 7) is 13.1. The Kier molecular flexibility index (Phi) is 5.26. The fourth-order valence-corrected chi connectivity index (χ4v) is 2.57. The number of nitrogens with one attached hydrogen (secondary N) is 1. The van der Waals surface area contributed by atoms with Crippen LogP contribution in [0.4, 0.5) is 0 Å². The van der Waals surface area contributed by atoms with Crippen molar-refractivity contribution in [3.8, 4) is 0 Å². The highest BCUT2D eigenvalue weighted by molar-refractivity contribution is 4.92. The van der Waals surface area contributed by atoms with Gasteiger partial charge in [0, 0.05) is 18.7 Å². The standard InChI is InChI=1S/C14H29NO/c1-6-16-10-12(11(2)3)15-13-8-7-9-14(13,4)5/h11-13,15H,6-10H2,1-5H3. The van der Waals surface area contributed by atoms with E-state index in [1.807, 2.05) is 0 Å². The van der Waals surface area contributed by atoms with Crippen LogP contribution in [0.5, 0.6) is 0 Å². The quantitative estimate of drug-likeness (QED) is 0.752. The van der Waals surface area contributed by atoms with Crippen molar-refractivity contribution in [2.75, 3.05) is 13.2 Å². The molecule has 2 atom stereocenters. The van der Waals surface area contributed by atoms with Crippen LogP contribution >= 0.6 is 0 Å². The molecule has 2 heteroatoms. The zero-order chi connectivity index (χ0) is 12.2. The third-order valence-corrected chi connectivity index (χ3v) is 3.98. The summed E-state index contributed by atoms with van der Waals surface area (Å²) >= 11 is 0. The minimum absolute atomic E-state index is 0.458. The van der Waals surface area contributed by atoms with Crippen molar-refractivity contribution in [1.82, 2.24) is 5.32 Å². The summed E-state index contributed by atoms with van der Waals surface area (Å²) < 4.78 is 5.57. The van der Waals surface area contributed by atoms with Gasteiger partial charge in [0.25, 0.3) is 0 Å². The highest BCUT2D eigenvalue weighted by Crippen LogP contribution is 2.37. The summed E-state index contributed by atoms with van der Waals surface area (Å²) in [5.41, 5.74) is 0.458. The van der Waals surface area contributed by atoms with Crippen molar-refractivity contribution in [3.05, 3.63) is 0 Å². The molecule has 0 radical (unpaired) electrons. The largest absolute Gasteiger partial charge is 0.380 e. The number of ether oxygens (including phenoxy) is 1. The fourth-order valence-electron chi connectivity index (χ4n) is 2.57. The Morgan fingerprint density at radius 2 is 2.06 bits per heavy atom. The summed E-state index contributed by atoms with van der Waals surface area (Å²) in [6, 6.07) is 1.17. The van der Waals surface area contributed by atoms with Crippen LogP contribution in [0.3, 0.4) is 0 Å². The molecule has 1 N–H and O–H groups in total. The van der Waals surface area contributed by atoms with Gasteiger partial charge in [0.05, 0.1) is 6.61 Å². The molecule has 0 aromatic rings. The van der Waals surface area contributed by atoms with Gasteiger partial charge in [0.15, 0.2) is 0 Å². The molecule has 0 bridgehead atoms. The van der Waals surface area contributed by atoms with Crippen LogP contribution in [0.15, 0.2) is 0 Å². The van der Waals surface area contributed by atoms with Crippen LogP contribution in [0.1, 0.15) is 53.9 Å². The van der Waals surface area contributed by atoms with Crippen LogP contribution in [0.25, 0.3) is 0 Å². The molecule has 16 heavy (non-hydrogen) atoms. The molecule has 96 valence electrons. The van der Waals surface area contributed by atoms with Crippen molar-refractivity contribution in [1.29, 1.82) is 0 Å². The summed E-state index contributed by atoms with van der Waals surface area (Å²) in [7, 11) is 0. The third-order valence-electron chi connectivity index (χ3n) is 3.98. The first-order chi connectivity index (χ1) is 7.47. The van der Waals surface area contributed by atoms with E-state index in [2.05, 4.69) is 39.9 Å². The molecule has 2 nitrogen and oxygen atoms in total. The highest BCUT2D eigenvalue weighted by atomic mass is 16.5. The third kappa shape index (κ3) is 3.74. The lowest BCUT2D eigenvalue weighted by molar-refractivity contribution is 0.0950. The van der Waals surface area contributed by atoms with Gasteiger partial charge in [-0.3, -0.25) is 0 Å². The van der Waals surface area contributed by atoms with Gasteiger partial charge in [-0.1, -0.05) is 34.1 Å². The average Bonchev–Trinajstić information content (AvgIpc) is 2.52. The second kappa shape index (κ2) is 6.02. The molecule has 0 aromatic carbocycles. The molecule has 1 aliphatic carbocycles. The maximum Gasteiger partial charge on any atom is 0.0622 e. The fraction of sp³-hybridized carbons (Fsp3) is 1.00. The zero-order valence-corrected chi connectivity index (χ0v) is 11.7. The summed E-state index contributed by atoms with van der Waals surface area (Å²) in [4.78, 5) is 0. The van der Waals surface area contributed by atoms with Gasteiger partial charge < -0.3 is 10.1 Å². The Balaban J connectivity index is 2.47. The lowest BCUT2D eigenvalue weighted by Crippen LogP contribution is -2.48. The molecular weight excluding hydrogens is 198 g/mol.